The summed E-state index contributed by atoms with van der Waals surface area (Å²) in [4.78, 5) is 13.6. The normalized spacial score (nSPS) is 17.2. The lowest BCUT2D eigenvalue weighted by atomic mass is 10.1. The van der Waals surface area contributed by atoms with Crippen molar-refractivity contribution < 1.29 is 31.8 Å². The second-order valence-electron chi connectivity index (χ2n) is 5.72. The van der Waals surface area contributed by atoms with E-state index in [1.807, 2.05) is 6.07 Å². The summed E-state index contributed by atoms with van der Waals surface area (Å²) in [6.07, 6.45) is -0.494. The van der Waals surface area contributed by atoms with Gasteiger partial charge in [0, 0.05) is 6.54 Å². The van der Waals surface area contributed by atoms with E-state index in [1.54, 1.807) is 24.3 Å². The van der Waals surface area contributed by atoms with Gasteiger partial charge in [0.05, 0.1) is 18.7 Å². The predicted octanol–water partition coefficient (Wildman–Crippen LogP) is 3.16. The second kappa shape index (κ2) is 7.74. The molecule has 0 spiro atoms. The molecule has 1 atom stereocenters. The summed E-state index contributed by atoms with van der Waals surface area (Å²) in [7, 11) is 0. The Balaban J connectivity index is 1.68. The van der Waals surface area contributed by atoms with Crippen LogP contribution in [0, 0.1) is 23.3 Å². The fourth-order valence-electron chi connectivity index (χ4n) is 2.61. The highest BCUT2D eigenvalue weighted by Crippen LogP contribution is 2.21. The van der Waals surface area contributed by atoms with Crippen molar-refractivity contribution in [2.75, 3.05) is 26.3 Å². The van der Waals surface area contributed by atoms with E-state index in [2.05, 4.69) is 0 Å². The Hall–Kier alpha value is -2.61. The van der Waals surface area contributed by atoms with Crippen LogP contribution in [0.3, 0.4) is 0 Å². The Labute approximate surface area is 146 Å². The van der Waals surface area contributed by atoms with Crippen LogP contribution in [0.25, 0.3) is 0 Å². The van der Waals surface area contributed by atoms with Crippen molar-refractivity contribution in [1.82, 2.24) is 4.90 Å². The highest BCUT2D eigenvalue weighted by atomic mass is 19.2. The minimum Gasteiger partial charge on any atom is -0.491 e. The minimum absolute atomic E-state index is 0.0473. The second-order valence-corrected chi connectivity index (χ2v) is 5.72. The minimum atomic E-state index is -2.01. The van der Waals surface area contributed by atoms with Crippen LogP contribution in [0.2, 0.25) is 0 Å². The molecule has 0 saturated carbocycles. The van der Waals surface area contributed by atoms with Gasteiger partial charge in [0.1, 0.15) is 18.5 Å². The zero-order chi connectivity index (χ0) is 18.7. The van der Waals surface area contributed by atoms with Crippen LogP contribution in [0.4, 0.5) is 17.6 Å². The van der Waals surface area contributed by atoms with Crippen LogP contribution in [-0.4, -0.2) is 43.2 Å². The fourth-order valence-corrected chi connectivity index (χ4v) is 2.61. The highest BCUT2D eigenvalue weighted by Gasteiger charge is 2.30. The molecule has 1 saturated heterocycles. The number of para-hydroxylation sites is 1. The molecule has 1 heterocycles. The van der Waals surface area contributed by atoms with Gasteiger partial charge in [-0.15, -0.1) is 0 Å². The monoisotopic (exact) mass is 369 g/mol. The molecule has 26 heavy (non-hydrogen) atoms. The zero-order valence-electron chi connectivity index (χ0n) is 13.6. The van der Waals surface area contributed by atoms with Crippen molar-refractivity contribution in [3.05, 3.63) is 65.2 Å². The average Bonchev–Trinajstić information content (AvgIpc) is 2.68. The molecular formula is C18H15F4NO3. The van der Waals surface area contributed by atoms with Gasteiger partial charge in [-0.1, -0.05) is 18.2 Å². The molecule has 0 aliphatic carbocycles. The lowest BCUT2D eigenvalue weighted by Crippen LogP contribution is -2.47. The molecule has 4 nitrogen and oxygen atoms in total. The van der Waals surface area contributed by atoms with Gasteiger partial charge in [0.15, 0.2) is 23.3 Å². The number of halogens is 4. The molecule has 8 heteroatoms. The van der Waals surface area contributed by atoms with Gasteiger partial charge in [0.25, 0.3) is 5.91 Å². The summed E-state index contributed by atoms with van der Waals surface area (Å²) in [5.74, 6) is -7.61. The highest BCUT2D eigenvalue weighted by molar-refractivity contribution is 5.94. The largest absolute Gasteiger partial charge is 0.491 e. The van der Waals surface area contributed by atoms with Crippen molar-refractivity contribution >= 4 is 5.91 Å². The van der Waals surface area contributed by atoms with E-state index in [9.17, 15) is 22.4 Å². The molecule has 2 aromatic rings. The number of rotatable bonds is 4. The van der Waals surface area contributed by atoms with Crippen LogP contribution in [0.15, 0.2) is 36.4 Å². The smallest absolute Gasteiger partial charge is 0.257 e. The zero-order valence-corrected chi connectivity index (χ0v) is 13.6. The Morgan fingerprint density at radius 3 is 2.58 bits per heavy atom. The third-order valence-corrected chi connectivity index (χ3v) is 3.94. The van der Waals surface area contributed by atoms with Gasteiger partial charge in [-0.25, -0.2) is 17.6 Å². The van der Waals surface area contributed by atoms with Gasteiger partial charge < -0.3 is 14.4 Å². The number of carbonyl (C=O) groups excluding carboxylic acids is 1. The summed E-state index contributed by atoms with van der Waals surface area (Å²) < 4.78 is 64.6. The van der Waals surface area contributed by atoms with E-state index < -0.39 is 40.8 Å². The molecule has 1 amide bonds. The molecule has 1 fully saturated rings. The van der Waals surface area contributed by atoms with E-state index in [0.717, 1.165) is 0 Å². The van der Waals surface area contributed by atoms with Crippen LogP contribution >= 0.6 is 0 Å². The third kappa shape index (κ3) is 3.80. The summed E-state index contributed by atoms with van der Waals surface area (Å²) >= 11 is 0. The van der Waals surface area contributed by atoms with Gasteiger partial charge in [0.2, 0.25) is 0 Å². The lowest BCUT2D eigenvalue weighted by molar-refractivity contribution is -0.0402. The van der Waals surface area contributed by atoms with Crippen LogP contribution in [0.5, 0.6) is 5.75 Å². The topological polar surface area (TPSA) is 38.8 Å². The first-order chi connectivity index (χ1) is 12.5. The summed E-state index contributed by atoms with van der Waals surface area (Å²) in [5, 5.41) is 0. The van der Waals surface area contributed by atoms with Crippen molar-refractivity contribution in [2.24, 2.45) is 0 Å². The maximum atomic E-state index is 13.8. The van der Waals surface area contributed by atoms with E-state index in [0.29, 0.717) is 11.8 Å². The molecule has 3 rings (SSSR count). The van der Waals surface area contributed by atoms with Crippen LogP contribution in [0.1, 0.15) is 10.4 Å². The first-order valence-electron chi connectivity index (χ1n) is 7.89. The molecular weight excluding hydrogens is 354 g/mol. The predicted molar refractivity (Wildman–Crippen MR) is 83.9 cm³/mol. The molecule has 1 aliphatic heterocycles. The lowest BCUT2D eigenvalue weighted by Gasteiger charge is -2.33. The SMILES string of the molecule is O=C(c1cc(F)c(F)c(F)c1F)N1CCO[C@H](COc2ccccc2)C1. The molecule has 0 unspecified atom stereocenters. The number of hydrogen-bond donors (Lipinski definition) is 0. The number of benzene rings is 2. The van der Waals surface area contributed by atoms with Crippen molar-refractivity contribution in [1.29, 1.82) is 0 Å². The number of amides is 1. The molecule has 1 aliphatic rings. The van der Waals surface area contributed by atoms with Gasteiger partial charge >= 0.3 is 0 Å². The molecule has 0 aromatic heterocycles. The Morgan fingerprint density at radius 1 is 1.12 bits per heavy atom. The quantitative estimate of drug-likeness (QED) is 0.472. The van der Waals surface area contributed by atoms with E-state index in [-0.39, 0.29) is 26.3 Å². The number of ether oxygens (including phenoxy) is 2. The third-order valence-electron chi connectivity index (χ3n) is 3.94. The molecule has 138 valence electrons. The van der Waals surface area contributed by atoms with E-state index in [4.69, 9.17) is 9.47 Å². The summed E-state index contributed by atoms with van der Waals surface area (Å²) in [6.45, 7) is 0.456. The maximum Gasteiger partial charge on any atom is 0.257 e. The van der Waals surface area contributed by atoms with Crippen molar-refractivity contribution in [3.8, 4) is 5.75 Å². The van der Waals surface area contributed by atoms with Gasteiger partial charge in [-0.3, -0.25) is 4.79 Å². The maximum absolute atomic E-state index is 13.8. The Bertz CT molecular complexity index is 801. The number of morpholine rings is 1. The summed E-state index contributed by atoms with van der Waals surface area (Å²) in [5.41, 5.74) is -0.856. The van der Waals surface area contributed by atoms with Crippen LogP contribution in [-0.2, 0) is 4.74 Å². The first-order valence-corrected chi connectivity index (χ1v) is 7.89. The summed E-state index contributed by atoms with van der Waals surface area (Å²) in [6, 6.07) is 9.30. The molecule has 0 N–H and O–H groups in total. The van der Waals surface area contributed by atoms with E-state index in [1.165, 1.54) is 4.90 Å². The van der Waals surface area contributed by atoms with Gasteiger partial charge in [-0.2, -0.15) is 0 Å². The standard InChI is InChI=1S/C18H15F4NO3/c19-14-8-13(15(20)17(22)16(14)21)18(24)23-6-7-25-12(9-23)10-26-11-4-2-1-3-5-11/h1-5,8,12H,6-7,9-10H2/t12-/m0/s1. The molecule has 0 bridgehead atoms. The van der Waals surface area contributed by atoms with E-state index >= 15 is 0 Å². The number of nitrogens with zero attached hydrogens (tertiary/aromatic N) is 1. The Morgan fingerprint density at radius 2 is 1.85 bits per heavy atom. The number of carbonyl (C=O) groups is 1. The number of hydrogen-bond acceptors (Lipinski definition) is 3. The van der Waals surface area contributed by atoms with Gasteiger partial charge in [-0.05, 0) is 18.2 Å². The molecule has 2 aromatic carbocycles. The Kier molecular flexibility index (Phi) is 5.41. The fraction of sp³-hybridized carbons (Fsp3) is 0.278. The molecule has 0 radical (unpaired) electrons. The first kappa shape index (κ1) is 18.2. The average molecular weight is 369 g/mol. The van der Waals surface area contributed by atoms with Crippen molar-refractivity contribution in [3.63, 3.8) is 0 Å². The van der Waals surface area contributed by atoms with Crippen molar-refractivity contribution in [2.45, 2.75) is 6.10 Å². The van der Waals surface area contributed by atoms with Crippen LogP contribution < -0.4 is 4.74 Å².